The Bertz CT molecular complexity index is 284. The maximum absolute atomic E-state index is 3.73. The molecule has 1 saturated carbocycles. The number of rotatable bonds is 4. The number of hydrogen-bond acceptors (Lipinski definition) is 2. The van der Waals surface area contributed by atoms with Crippen molar-refractivity contribution in [1.82, 2.24) is 5.32 Å². The van der Waals surface area contributed by atoms with Crippen molar-refractivity contribution in [1.29, 1.82) is 0 Å². The Hall–Kier alpha value is -0.340. The van der Waals surface area contributed by atoms with Gasteiger partial charge in [-0.15, -0.1) is 11.3 Å². The van der Waals surface area contributed by atoms with E-state index in [0.29, 0.717) is 0 Å². The van der Waals surface area contributed by atoms with Gasteiger partial charge in [-0.2, -0.15) is 0 Å². The predicted molar refractivity (Wildman–Crippen MR) is 72.0 cm³/mol. The van der Waals surface area contributed by atoms with Crippen molar-refractivity contribution < 1.29 is 0 Å². The number of thiophene rings is 1. The minimum Gasteiger partial charge on any atom is -0.314 e. The molecule has 1 fully saturated rings. The summed E-state index contributed by atoms with van der Waals surface area (Å²) in [6.45, 7) is 5.93. The highest BCUT2D eigenvalue weighted by Gasteiger charge is 2.23. The number of hydrogen-bond donors (Lipinski definition) is 1. The summed E-state index contributed by atoms with van der Waals surface area (Å²) >= 11 is 1.87. The zero-order chi connectivity index (χ0) is 11.4. The van der Waals surface area contributed by atoms with Crippen LogP contribution in [0.4, 0.5) is 0 Å². The standard InChI is InChI=1S/C14H23NS/c1-11-8-12(2)10-13(9-11)15-6-5-14-4-3-7-16-14/h3-4,7,11-13,15H,5-6,8-10H2,1-2H3. The van der Waals surface area contributed by atoms with Gasteiger partial charge in [-0.3, -0.25) is 0 Å². The van der Waals surface area contributed by atoms with E-state index in [1.807, 2.05) is 11.3 Å². The van der Waals surface area contributed by atoms with Gasteiger partial charge in [0.2, 0.25) is 0 Å². The third kappa shape index (κ3) is 3.60. The zero-order valence-electron chi connectivity index (χ0n) is 10.4. The summed E-state index contributed by atoms with van der Waals surface area (Å²) in [4.78, 5) is 1.50. The summed E-state index contributed by atoms with van der Waals surface area (Å²) in [5, 5.41) is 5.89. The van der Waals surface area contributed by atoms with Gasteiger partial charge in [0.1, 0.15) is 0 Å². The van der Waals surface area contributed by atoms with Gasteiger partial charge in [0, 0.05) is 17.5 Å². The van der Waals surface area contributed by atoms with Crippen LogP contribution in [0.1, 0.15) is 38.0 Å². The van der Waals surface area contributed by atoms with Gasteiger partial charge in [0.15, 0.2) is 0 Å². The minimum absolute atomic E-state index is 0.763. The molecule has 0 radical (unpaired) electrons. The van der Waals surface area contributed by atoms with Crippen LogP contribution < -0.4 is 5.32 Å². The average Bonchev–Trinajstić information content (AvgIpc) is 2.69. The van der Waals surface area contributed by atoms with Crippen molar-refractivity contribution in [2.45, 2.75) is 45.6 Å². The Balaban J connectivity index is 1.69. The van der Waals surface area contributed by atoms with E-state index in [9.17, 15) is 0 Å². The second-order valence-corrected chi connectivity index (χ2v) is 6.43. The molecule has 1 aromatic rings. The smallest absolute Gasteiger partial charge is 0.00722 e. The van der Waals surface area contributed by atoms with Gasteiger partial charge in [-0.25, -0.2) is 0 Å². The second kappa shape index (κ2) is 5.83. The van der Waals surface area contributed by atoms with Crippen molar-refractivity contribution >= 4 is 11.3 Å². The summed E-state index contributed by atoms with van der Waals surface area (Å²) in [5.74, 6) is 1.81. The normalized spacial score (nSPS) is 30.5. The molecule has 2 rings (SSSR count). The summed E-state index contributed by atoms with van der Waals surface area (Å²) in [6, 6.07) is 5.14. The largest absolute Gasteiger partial charge is 0.314 e. The molecular formula is C14H23NS. The van der Waals surface area contributed by atoms with Crippen LogP contribution in [0.5, 0.6) is 0 Å². The first-order chi connectivity index (χ1) is 7.74. The summed E-state index contributed by atoms with van der Waals surface area (Å²) in [7, 11) is 0. The first-order valence-corrected chi connectivity index (χ1v) is 7.37. The van der Waals surface area contributed by atoms with Crippen LogP contribution in [-0.2, 0) is 6.42 Å². The lowest BCUT2D eigenvalue weighted by molar-refractivity contribution is 0.240. The Morgan fingerprint density at radius 3 is 2.62 bits per heavy atom. The Kier molecular flexibility index (Phi) is 4.42. The topological polar surface area (TPSA) is 12.0 Å². The minimum atomic E-state index is 0.763. The number of nitrogens with one attached hydrogen (secondary N) is 1. The molecule has 1 aliphatic carbocycles. The second-order valence-electron chi connectivity index (χ2n) is 5.40. The van der Waals surface area contributed by atoms with Crippen LogP contribution in [0.15, 0.2) is 17.5 Å². The molecule has 90 valence electrons. The molecule has 0 bridgehead atoms. The van der Waals surface area contributed by atoms with Crippen molar-refractivity contribution in [3.8, 4) is 0 Å². The van der Waals surface area contributed by atoms with E-state index in [-0.39, 0.29) is 0 Å². The van der Waals surface area contributed by atoms with Gasteiger partial charge in [-0.1, -0.05) is 19.9 Å². The zero-order valence-corrected chi connectivity index (χ0v) is 11.2. The fourth-order valence-corrected chi connectivity index (χ4v) is 3.68. The molecule has 0 spiro atoms. The molecule has 1 heterocycles. The van der Waals surface area contributed by atoms with Gasteiger partial charge in [0.05, 0.1) is 0 Å². The van der Waals surface area contributed by atoms with Crippen LogP contribution >= 0.6 is 11.3 Å². The fraction of sp³-hybridized carbons (Fsp3) is 0.714. The summed E-state index contributed by atoms with van der Waals surface area (Å²) in [6.07, 6.45) is 5.35. The lowest BCUT2D eigenvalue weighted by atomic mass is 9.80. The van der Waals surface area contributed by atoms with Crippen LogP contribution in [0.2, 0.25) is 0 Å². The SMILES string of the molecule is CC1CC(C)CC(NCCc2cccs2)C1. The molecule has 1 N–H and O–H groups in total. The highest BCUT2D eigenvalue weighted by molar-refractivity contribution is 7.09. The van der Waals surface area contributed by atoms with E-state index in [4.69, 9.17) is 0 Å². The predicted octanol–water partition coefficient (Wildman–Crippen LogP) is 3.70. The Morgan fingerprint density at radius 2 is 2.00 bits per heavy atom. The molecule has 0 saturated heterocycles. The maximum atomic E-state index is 3.73. The highest BCUT2D eigenvalue weighted by atomic mass is 32.1. The van der Waals surface area contributed by atoms with Crippen LogP contribution in [0.3, 0.4) is 0 Å². The van der Waals surface area contributed by atoms with Crippen LogP contribution in [0.25, 0.3) is 0 Å². The van der Waals surface area contributed by atoms with Crippen molar-refractivity contribution in [3.05, 3.63) is 22.4 Å². The highest BCUT2D eigenvalue weighted by Crippen LogP contribution is 2.28. The van der Waals surface area contributed by atoms with Gasteiger partial charge < -0.3 is 5.32 Å². The van der Waals surface area contributed by atoms with E-state index in [1.165, 1.54) is 30.6 Å². The molecule has 1 aromatic heterocycles. The third-order valence-electron chi connectivity index (χ3n) is 3.56. The van der Waals surface area contributed by atoms with E-state index in [0.717, 1.165) is 24.4 Å². The van der Waals surface area contributed by atoms with Crippen LogP contribution in [0, 0.1) is 11.8 Å². The molecular weight excluding hydrogens is 214 g/mol. The lowest BCUT2D eigenvalue weighted by Gasteiger charge is -2.32. The monoisotopic (exact) mass is 237 g/mol. The van der Waals surface area contributed by atoms with E-state index < -0.39 is 0 Å². The van der Waals surface area contributed by atoms with Crippen molar-refractivity contribution in [2.75, 3.05) is 6.54 Å². The molecule has 16 heavy (non-hydrogen) atoms. The van der Waals surface area contributed by atoms with Gasteiger partial charge in [-0.05, 0) is 49.0 Å². The molecule has 1 nitrogen and oxygen atoms in total. The van der Waals surface area contributed by atoms with E-state index in [1.54, 1.807) is 0 Å². The summed E-state index contributed by atoms with van der Waals surface area (Å²) in [5.41, 5.74) is 0. The van der Waals surface area contributed by atoms with E-state index in [2.05, 4.69) is 36.7 Å². The Morgan fingerprint density at radius 1 is 1.25 bits per heavy atom. The summed E-state index contributed by atoms with van der Waals surface area (Å²) < 4.78 is 0. The first-order valence-electron chi connectivity index (χ1n) is 6.50. The molecule has 2 heteroatoms. The van der Waals surface area contributed by atoms with Crippen molar-refractivity contribution in [3.63, 3.8) is 0 Å². The molecule has 2 atom stereocenters. The van der Waals surface area contributed by atoms with Crippen molar-refractivity contribution in [2.24, 2.45) is 11.8 Å². The molecule has 1 aliphatic rings. The average molecular weight is 237 g/mol. The van der Waals surface area contributed by atoms with Gasteiger partial charge >= 0.3 is 0 Å². The molecule has 2 unspecified atom stereocenters. The molecule has 0 aromatic carbocycles. The lowest BCUT2D eigenvalue weighted by Crippen LogP contribution is -2.37. The van der Waals surface area contributed by atoms with Crippen LogP contribution in [-0.4, -0.2) is 12.6 Å². The first kappa shape index (κ1) is 12.1. The Labute approximate surface area is 103 Å². The fourth-order valence-electron chi connectivity index (χ4n) is 2.97. The maximum Gasteiger partial charge on any atom is 0.00722 e. The van der Waals surface area contributed by atoms with Gasteiger partial charge in [0.25, 0.3) is 0 Å². The quantitative estimate of drug-likeness (QED) is 0.842. The molecule has 0 amide bonds. The molecule has 0 aliphatic heterocycles. The van der Waals surface area contributed by atoms with E-state index >= 15 is 0 Å². The third-order valence-corrected chi connectivity index (χ3v) is 4.50.